The average Bonchev–Trinajstić information content (AvgIpc) is 2.71. The van der Waals surface area contributed by atoms with E-state index in [2.05, 4.69) is 31.9 Å². The Labute approximate surface area is 129 Å². The van der Waals surface area contributed by atoms with Crippen molar-refractivity contribution in [3.8, 4) is 0 Å². The maximum atomic E-state index is 11.8. The van der Waals surface area contributed by atoms with Crippen LogP contribution in [0.3, 0.4) is 0 Å². The second-order valence-corrected chi connectivity index (χ2v) is 5.78. The van der Waals surface area contributed by atoms with Gasteiger partial charge in [0.15, 0.2) is 0 Å². The number of hydrogen-bond acceptors (Lipinski definition) is 5. The first-order valence-electron chi connectivity index (χ1n) is 6.39. The first-order valence-corrected chi connectivity index (χ1v) is 7.18. The maximum absolute atomic E-state index is 11.8. The number of benzene rings is 1. The van der Waals surface area contributed by atoms with Gasteiger partial charge in [0.2, 0.25) is 17.7 Å². The molecule has 21 heavy (non-hydrogen) atoms. The van der Waals surface area contributed by atoms with E-state index >= 15 is 0 Å². The molecule has 3 rings (SSSR count). The van der Waals surface area contributed by atoms with Gasteiger partial charge in [-0.2, -0.15) is 0 Å². The van der Waals surface area contributed by atoms with Crippen LogP contribution in [0.5, 0.6) is 0 Å². The number of nitrogens with zero attached hydrogens (tertiary/aromatic N) is 1. The Hall–Kier alpha value is -1.93. The highest BCUT2D eigenvalue weighted by molar-refractivity contribution is 9.10. The van der Waals surface area contributed by atoms with Crippen LogP contribution in [0.2, 0.25) is 0 Å². The summed E-state index contributed by atoms with van der Waals surface area (Å²) < 4.78 is 0.737. The summed E-state index contributed by atoms with van der Waals surface area (Å²) in [4.78, 5) is 36.5. The number of likely N-dealkylation sites (N-methyl/N-ethyl adjacent to an activating group) is 1. The van der Waals surface area contributed by atoms with Crippen molar-refractivity contribution >= 4 is 45.0 Å². The molecule has 110 valence electrons. The third kappa shape index (κ3) is 2.40. The predicted molar refractivity (Wildman–Crippen MR) is 79.9 cm³/mol. The van der Waals surface area contributed by atoms with Crippen molar-refractivity contribution in [1.82, 2.24) is 10.6 Å². The molecule has 1 aromatic carbocycles. The van der Waals surface area contributed by atoms with Gasteiger partial charge in [0.05, 0.1) is 18.8 Å². The summed E-state index contributed by atoms with van der Waals surface area (Å²) in [5, 5.41) is 8.00. The molecular formula is C13H13BrN4O3. The Morgan fingerprint density at radius 3 is 2.48 bits per heavy atom. The van der Waals surface area contributed by atoms with Crippen molar-refractivity contribution in [2.75, 3.05) is 30.4 Å². The van der Waals surface area contributed by atoms with Crippen LogP contribution in [0.25, 0.3) is 0 Å². The average molecular weight is 353 g/mol. The lowest BCUT2D eigenvalue weighted by molar-refractivity contribution is -0.130. The van der Waals surface area contributed by atoms with Crippen LogP contribution in [-0.2, 0) is 14.4 Å². The van der Waals surface area contributed by atoms with E-state index in [1.165, 1.54) is 0 Å². The van der Waals surface area contributed by atoms with Gasteiger partial charge in [-0.15, -0.1) is 0 Å². The smallest absolute Gasteiger partial charge is 0.246 e. The number of hydrogen-bond donors (Lipinski definition) is 3. The summed E-state index contributed by atoms with van der Waals surface area (Å²) in [6.07, 6.45) is 0. The van der Waals surface area contributed by atoms with E-state index in [-0.39, 0.29) is 30.8 Å². The molecule has 8 heteroatoms. The van der Waals surface area contributed by atoms with Gasteiger partial charge in [-0.25, -0.2) is 0 Å². The molecule has 0 bridgehead atoms. The van der Waals surface area contributed by atoms with Crippen LogP contribution in [0.15, 0.2) is 16.6 Å². The molecule has 0 radical (unpaired) electrons. The summed E-state index contributed by atoms with van der Waals surface area (Å²) in [6.45, 7) is 0.207. The molecule has 1 atom stereocenters. The predicted octanol–water partition coefficient (Wildman–Crippen LogP) is 0.124. The number of fused-ring (bicyclic) bond motifs is 1. The van der Waals surface area contributed by atoms with Crippen molar-refractivity contribution in [1.29, 1.82) is 0 Å². The highest BCUT2D eigenvalue weighted by Crippen LogP contribution is 2.39. The van der Waals surface area contributed by atoms with E-state index < -0.39 is 6.04 Å². The van der Waals surface area contributed by atoms with Crippen LogP contribution in [-0.4, -0.2) is 37.9 Å². The SMILES string of the molecule is CNC1C(=O)Nc2cc(N3CC(=O)NC(=O)C3)c(Br)cc21. The molecule has 0 saturated carbocycles. The van der Waals surface area contributed by atoms with Crippen LogP contribution >= 0.6 is 15.9 Å². The van der Waals surface area contributed by atoms with Gasteiger partial charge in [-0.1, -0.05) is 0 Å². The van der Waals surface area contributed by atoms with E-state index in [9.17, 15) is 14.4 Å². The van der Waals surface area contributed by atoms with E-state index in [4.69, 9.17) is 0 Å². The Morgan fingerprint density at radius 1 is 1.19 bits per heavy atom. The number of carbonyl (C=O) groups excluding carboxylic acids is 3. The molecule has 0 aromatic heterocycles. The molecule has 1 unspecified atom stereocenters. The highest BCUT2D eigenvalue weighted by Gasteiger charge is 2.32. The molecule has 2 heterocycles. The number of carbonyl (C=O) groups is 3. The Balaban J connectivity index is 1.99. The summed E-state index contributed by atoms with van der Waals surface area (Å²) >= 11 is 3.45. The van der Waals surface area contributed by atoms with Gasteiger partial charge in [-0.05, 0) is 35.1 Å². The van der Waals surface area contributed by atoms with Crippen LogP contribution < -0.4 is 20.9 Å². The summed E-state index contributed by atoms with van der Waals surface area (Å²) in [6, 6.07) is 3.22. The number of nitrogens with one attached hydrogen (secondary N) is 3. The zero-order chi connectivity index (χ0) is 15.1. The Bertz CT molecular complexity index is 645. The molecule has 2 aliphatic heterocycles. The number of anilines is 2. The zero-order valence-electron chi connectivity index (χ0n) is 11.2. The lowest BCUT2D eigenvalue weighted by atomic mass is 10.1. The highest BCUT2D eigenvalue weighted by atomic mass is 79.9. The van der Waals surface area contributed by atoms with Crippen LogP contribution in [0.1, 0.15) is 11.6 Å². The number of amides is 3. The summed E-state index contributed by atoms with van der Waals surface area (Å²) in [7, 11) is 1.72. The zero-order valence-corrected chi connectivity index (χ0v) is 12.8. The topological polar surface area (TPSA) is 90.5 Å². The van der Waals surface area contributed by atoms with Gasteiger partial charge >= 0.3 is 0 Å². The van der Waals surface area contributed by atoms with E-state index in [1.807, 2.05) is 6.07 Å². The van der Waals surface area contributed by atoms with Crippen LogP contribution in [0, 0.1) is 0 Å². The molecule has 1 fully saturated rings. The second kappa shape index (κ2) is 5.12. The maximum Gasteiger partial charge on any atom is 0.246 e. The normalized spacial score (nSPS) is 21.1. The van der Waals surface area contributed by atoms with E-state index in [0.29, 0.717) is 11.4 Å². The Kier molecular flexibility index (Phi) is 3.42. The number of rotatable bonds is 2. The first kappa shape index (κ1) is 14.0. The number of piperazine rings is 1. The third-order valence-electron chi connectivity index (χ3n) is 3.53. The third-order valence-corrected chi connectivity index (χ3v) is 4.16. The number of halogens is 1. The van der Waals surface area contributed by atoms with Gasteiger partial charge in [0, 0.05) is 15.7 Å². The quantitative estimate of drug-likeness (QED) is 0.658. The fraction of sp³-hybridized carbons (Fsp3) is 0.308. The van der Waals surface area contributed by atoms with Gasteiger partial charge in [0.1, 0.15) is 6.04 Å². The van der Waals surface area contributed by atoms with Crippen LogP contribution in [0.4, 0.5) is 11.4 Å². The molecule has 0 spiro atoms. The summed E-state index contributed by atoms with van der Waals surface area (Å²) in [5.41, 5.74) is 2.23. The second-order valence-electron chi connectivity index (χ2n) is 4.93. The lowest BCUT2D eigenvalue weighted by Gasteiger charge is -2.28. The van der Waals surface area contributed by atoms with Gasteiger partial charge < -0.3 is 15.5 Å². The molecule has 2 aliphatic rings. The van der Waals surface area contributed by atoms with Crippen molar-refractivity contribution in [2.45, 2.75) is 6.04 Å². The van der Waals surface area contributed by atoms with E-state index in [1.54, 1.807) is 18.0 Å². The monoisotopic (exact) mass is 352 g/mol. The number of imide groups is 1. The van der Waals surface area contributed by atoms with E-state index in [0.717, 1.165) is 10.0 Å². The Morgan fingerprint density at radius 2 is 1.86 bits per heavy atom. The minimum atomic E-state index is -0.392. The molecule has 1 aromatic rings. The van der Waals surface area contributed by atoms with Gasteiger partial charge in [-0.3, -0.25) is 19.7 Å². The molecule has 0 aliphatic carbocycles. The molecular weight excluding hydrogens is 340 g/mol. The standard InChI is InChI=1S/C13H13BrN4O3/c1-15-12-6-2-7(14)9(3-8(6)16-13(12)21)18-4-10(19)17-11(20)5-18/h2-3,12,15H,4-5H2,1H3,(H,16,21)(H,17,19,20). The fourth-order valence-electron chi connectivity index (χ4n) is 2.61. The largest absolute Gasteiger partial charge is 0.352 e. The van der Waals surface area contributed by atoms with Gasteiger partial charge in [0.25, 0.3) is 0 Å². The minimum absolute atomic E-state index is 0.104. The molecule has 3 N–H and O–H groups in total. The molecule has 1 saturated heterocycles. The fourth-order valence-corrected chi connectivity index (χ4v) is 3.22. The van der Waals surface area contributed by atoms with Crippen molar-refractivity contribution in [3.05, 3.63) is 22.2 Å². The van der Waals surface area contributed by atoms with Crippen molar-refractivity contribution < 1.29 is 14.4 Å². The molecule has 7 nitrogen and oxygen atoms in total. The summed E-state index contributed by atoms with van der Waals surface area (Å²) in [5.74, 6) is -0.796. The van der Waals surface area contributed by atoms with Crippen molar-refractivity contribution in [2.24, 2.45) is 0 Å². The first-order chi connectivity index (χ1) is 9.99. The van der Waals surface area contributed by atoms with Crippen molar-refractivity contribution in [3.63, 3.8) is 0 Å². The lowest BCUT2D eigenvalue weighted by Crippen LogP contribution is -2.51. The minimum Gasteiger partial charge on any atom is -0.352 e. The molecule has 3 amide bonds.